The van der Waals surface area contributed by atoms with Crippen molar-refractivity contribution in [3.05, 3.63) is 60.5 Å². The van der Waals surface area contributed by atoms with Crippen LogP contribution in [0.5, 0.6) is 5.88 Å². The van der Waals surface area contributed by atoms with E-state index >= 15 is 0 Å². The van der Waals surface area contributed by atoms with Gasteiger partial charge in [-0.2, -0.15) is 0 Å². The normalized spacial score (nSPS) is 10.8. The standard InChI is InChI=1S/C12H11F2NO.CH6N2/c1-4-10(14)12(9(3)13)16-11-7-8(2)5-6-15-11;1-3-2/h4-7H,1,3H2,2H3;3H,2H2,1H3/b12-10-;. The lowest BCUT2D eigenvalue weighted by Crippen LogP contribution is -2.13. The SMILES string of the molecule is C=C/C(F)=C(/Oc1cc(C)ccn1)C(=C)F.CNN. The van der Waals surface area contributed by atoms with E-state index in [-0.39, 0.29) is 5.88 Å². The number of hydrogen-bond acceptors (Lipinski definition) is 4. The molecule has 104 valence electrons. The van der Waals surface area contributed by atoms with Gasteiger partial charge in [0.25, 0.3) is 0 Å². The summed E-state index contributed by atoms with van der Waals surface area (Å²) in [7, 11) is 1.65. The van der Waals surface area contributed by atoms with Crippen molar-refractivity contribution in [2.45, 2.75) is 6.92 Å². The quantitative estimate of drug-likeness (QED) is 0.382. The number of nitrogens with one attached hydrogen (secondary N) is 1. The third-order valence-electron chi connectivity index (χ3n) is 1.74. The second-order valence-corrected chi connectivity index (χ2v) is 3.35. The van der Waals surface area contributed by atoms with E-state index in [0.717, 1.165) is 11.6 Å². The number of ether oxygens (including phenoxy) is 1. The fourth-order valence-electron chi connectivity index (χ4n) is 0.995. The van der Waals surface area contributed by atoms with Gasteiger partial charge in [-0.15, -0.1) is 0 Å². The molecule has 0 spiro atoms. The predicted octanol–water partition coefficient (Wildman–Crippen LogP) is 2.70. The highest BCUT2D eigenvalue weighted by Gasteiger charge is 2.11. The molecule has 0 fully saturated rings. The summed E-state index contributed by atoms with van der Waals surface area (Å²) in [6.45, 7) is 7.97. The number of pyridine rings is 1. The van der Waals surface area contributed by atoms with Gasteiger partial charge in [0.1, 0.15) is 0 Å². The van der Waals surface area contributed by atoms with Crippen molar-refractivity contribution in [2.75, 3.05) is 7.05 Å². The number of hydrazine groups is 1. The number of aromatic nitrogens is 1. The van der Waals surface area contributed by atoms with Gasteiger partial charge >= 0.3 is 0 Å². The molecule has 3 N–H and O–H groups in total. The van der Waals surface area contributed by atoms with E-state index in [0.29, 0.717) is 0 Å². The zero-order valence-corrected chi connectivity index (χ0v) is 10.9. The summed E-state index contributed by atoms with van der Waals surface area (Å²) >= 11 is 0. The molecule has 0 aliphatic heterocycles. The van der Waals surface area contributed by atoms with Crippen LogP contribution in [0, 0.1) is 6.92 Å². The summed E-state index contributed by atoms with van der Waals surface area (Å²) in [6, 6.07) is 3.30. The Bertz CT molecular complexity index is 473. The van der Waals surface area contributed by atoms with E-state index in [1.165, 1.54) is 6.20 Å². The number of nitrogens with two attached hydrogens (primary N) is 1. The number of allylic oxidation sites excluding steroid dienone is 3. The predicted molar refractivity (Wildman–Crippen MR) is 71.4 cm³/mol. The summed E-state index contributed by atoms with van der Waals surface area (Å²) in [5.41, 5.74) is 3.12. The van der Waals surface area contributed by atoms with Crippen LogP contribution in [0.15, 0.2) is 55.0 Å². The van der Waals surface area contributed by atoms with Crippen LogP contribution in [0.3, 0.4) is 0 Å². The molecule has 6 heteroatoms. The average Bonchev–Trinajstić information content (AvgIpc) is 2.36. The Hall–Kier alpha value is -2.05. The van der Waals surface area contributed by atoms with E-state index in [1.807, 2.05) is 6.92 Å². The van der Waals surface area contributed by atoms with E-state index in [2.05, 4.69) is 29.4 Å². The first-order valence-corrected chi connectivity index (χ1v) is 5.31. The third-order valence-corrected chi connectivity index (χ3v) is 1.74. The molecule has 0 amide bonds. The molecular weight excluding hydrogens is 252 g/mol. The van der Waals surface area contributed by atoms with Gasteiger partial charge in [-0.1, -0.05) is 13.2 Å². The molecular formula is C13H17F2N3O. The van der Waals surface area contributed by atoms with Crippen molar-refractivity contribution >= 4 is 0 Å². The molecule has 1 heterocycles. The summed E-state index contributed by atoms with van der Waals surface area (Å²) in [5.74, 6) is 2.16. The smallest absolute Gasteiger partial charge is 0.219 e. The molecule has 0 saturated heterocycles. The van der Waals surface area contributed by atoms with Crippen molar-refractivity contribution < 1.29 is 13.5 Å². The molecule has 0 aromatic carbocycles. The molecule has 1 aromatic heterocycles. The van der Waals surface area contributed by atoms with Gasteiger partial charge in [-0.25, -0.2) is 13.8 Å². The van der Waals surface area contributed by atoms with Gasteiger partial charge < -0.3 is 4.74 Å². The molecule has 0 radical (unpaired) electrons. The lowest BCUT2D eigenvalue weighted by molar-refractivity contribution is 0.370. The molecule has 1 rings (SSSR count). The minimum absolute atomic E-state index is 0.103. The topological polar surface area (TPSA) is 60.2 Å². The highest BCUT2D eigenvalue weighted by molar-refractivity contribution is 5.30. The van der Waals surface area contributed by atoms with Crippen LogP contribution in [0.1, 0.15) is 5.56 Å². The molecule has 0 aliphatic rings. The maximum atomic E-state index is 13.1. The lowest BCUT2D eigenvalue weighted by atomic mass is 10.3. The molecule has 19 heavy (non-hydrogen) atoms. The van der Waals surface area contributed by atoms with Gasteiger partial charge in [0.2, 0.25) is 5.88 Å². The largest absolute Gasteiger partial charge is 0.433 e. The van der Waals surface area contributed by atoms with E-state index < -0.39 is 17.4 Å². The summed E-state index contributed by atoms with van der Waals surface area (Å²) in [5, 5.41) is 0. The van der Waals surface area contributed by atoms with Crippen LogP contribution in [-0.2, 0) is 0 Å². The Morgan fingerprint density at radius 3 is 2.53 bits per heavy atom. The van der Waals surface area contributed by atoms with Crippen molar-refractivity contribution in [3.8, 4) is 5.88 Å². The molecule has 0 atom stereocenters. The minimum atomic E-state index is -1.01. The second kappa shape index (κ2) is 8.96. The van der Waals surface area contributed by atoms with Crippen molar-refractivity contribution in [2.24, 2.45) is 5.84 Å². The first kappa shape index (κ1) is 16.9. The first-order chi connectivity index (χ1) is 8.96. The van der Waals surface area contributed by atoms with Crippen LogP contribution in [0.2, 0.25) is 0 Å². The van der Waals surface area contributed by atoms with Crippen molar-refractivity contribution in [1.29, 1.82) is 0 Å². The molecule has 0 bridgehead atoms. The second-order valence-electron chi connectivity index (χ2n) is 3.35. The number of halogens is 2. The van der Waals surface area contributed by atoms with E-state index in [1.54, 1.807) is 19.2 Å². The number of rotatable bonds is 4. The van der Waals surface area contributed by atoms with E-state index in [9.17, 15) is 8.78 Å². The summed E-state index contributed by atoms with van der Waals surface area (Å²) in [6.07, 6.45) is 2.32. The Labute approximate surface area is 111 Å². The highest BCUT2D eigenvalue weighted by Crippen LogP contribution is 2.21. The Morgan fingerprint density at radius 2 is 2.11 bits per heavy atom. The zero-order valence-electron chi connectivity index (χ0n) is 10.9. The minimum Gasteiger partial charge on any atom is -0.433 e. The van der Waals surface area contributed by atoms with Gasteiger partial charge in [0, 0.05) is 12.3 Å². The fourth-order valence-corrected chi connectivity index (χ4v) is 0.995. The first-order valence-electron chi connectivity index (χ1n) is 5.31. The average molecular weight is 269 g/mol. The fraction of sp³-hybridized carbons (Fsp3) is 0.154. The Kier molecular flexibility index (Phi) is 7.99. The summed E-state index contributed by atoms with van der Waals surface area (Å²) < 4.78 is 31.0. The Balaban J connectivity index is 0.000000982. The van der Waals surface area contributed by atoms with Crippen LogP contribution >= 0.6 is 0 Å². The molecule has 0 saturated carbocycles. The van der Waals surface area contributed by atoms with Crippen LogP contribution in [-0.4, -0.2) is 12.0 Å². The highest BCUT2D eigenvalue weighted by atomic mass is 19.1. The molecule has 4 nitrogen and oxygen atoms in total. The van der Waals surface area contributed by atoms with Gasteiger partial charge in [-0.3, -0.25) is 11.3 Å². The van der Waals surface area contributed by atoms with Gasteiger partial charge in [0.05, 0.1) is 0 Å². The van der Waals surface area contributed by atoms with Gasteiger partial charge in [0.15, 0.2) is 17.4 Å². The maximum absolute atomic E-state index is 13.1. The molecule has 1 aromatic rings. The number of nitrogens with zero attached hydrogens (tertiary/aromatic N) is 1. The Morgan fingerprint density at radius 1 is 1.53 bits per heavy atom. The molecule has 0 aliphatic carbocycles. The summed E-state index contributed by atoms with van der Waals surface area (Å²) in [4.78, 5) is 3.81. The van der Waals surface area contributed by atoms with Crippen LogP contribution < -0.4 is 16.0 Å². The number of aryl methyl sites for hydroxylation is 1. The monoisotopic (exact) mass is 269 g/mol. The zero-order chi connectivity index (χ0) is 14.8. The van der Waals surface area contributed by atoms with Crippen LogP contribution in [0.25, 0.3) is 0 Å². The maximum Gasteiger partial charge on any atom is 0.219 e. The van der Waals surface area contributed by atoms with E-state index in [4.69, 9.17) is 4.74 Å². The van der Waals surface area contributed by atoms with Gasteiger partial charge in [-0.05, 0) is 31.7 Å². The molecule has 0 unspecified atom stereocenters. The van der Waals surface area contributed by atoms with Crippen molar-refractivity contribution in [3.63, 3.8) is 0 Å². The third kappa shape index (κ3) is 6.44. The van der Waals surface area contributed by atoms with Crippen LogP contribution in [0.4, 0.5) is 8.78 Å². The number of hydrogen-bond donors (Lipinski definition) is 2. The lowest BCUT2D eigenvalue weighted by Gasteiger charge is -2.07. The van der Waals surface area contributed by atoms with Crippen molar-refractivity contribution in [1.82, 2.24) is 10.4 Å².